The normalized spacial score (nSPS) is 15.9. The van der Waals surface area contributed by atoms with Crippen LogP contribution in [0.5, 0.6) is 0 Å². The summed E-state index contributed by atoms with van der Waals surface area (Å²) in [6, 6.07) is 4.80. The minimum Gasteiger partial charge on any atom is -0.342 e. The smallest absolute Gasteiger partial charge is 0.314 e. The van der Waals surface area contributed by atoms with E-state index in [9.17, 15) is 14.4 Å². The van der Waals surface area contributed by atoms with Crippen molar-refractivity contribution in [2.75, 3.05) is 0 Å². The highest BCUT2D eigenvalue weighted by molar-refractivity contribution is 5.97. The van der Waals surface area contributed by atoms with Crippen LogP contribution in [0.3, 0.4) is 0 Å². The Labute approximate surface area is 153 Å². The van der Waals surface area contributed by atoms with Crippen molar-refractivity contribution in [1.82, 2.24) is 30.0 Å². The molecule has 1 saturated carbocycles. The van der Waals surface area contributed by atoms with Gasteiger partial charge in [0.05, 0.1) is 17.1 Å². The second-order valence-corrected chi connectivity index (χ2v) is 6.90. The van der Waals surface area contributed by atoms with Crippen molar-refractivity contribution in [2.45, 2.75) is 44.7 Å². The molecule has 27 heavy (non-hydrogen) atoms. The third-order valence-electron chi connectivity index (χ3n) is 5.04. The molecular formula is C18H20N6O3. The van der Waals surface area contributed by atoms with Crippen LogP contribution in [0, 0.1) is 0 Å². The van der Waals surface area contributed by atoms with Gasteiger partial charge in [-0.15, -0.1) is 10.2 Å². The zero-order chi connectivity index (χ0) is 19.0. The van der Waals surface area contributed by atoms with Gasteiger partial charge in [0.2, 0.25) is 0 Å². The van der Waals surface area contributed by atoms with E-state index in [0.29, 0.717) is 22.6 Å². The summed E-state index contributed by atoms with van der Waals surface area (Å²) in [5, 5.41) is 11.1. The van der Waals surface area contributed by atoms with Gasteiger partial charge in [-0.25, -0.2) is 0 Å². The number of hydrogen-bond donors (Lipinski definition) is 3. The van der Waals surface area contributed by atoms with Crippen molar-refractivity contribution >= 4 is 16.9 Å². The molecular weight excluding hydrogens is 348 g/mol. The second-order valence-electron chi connectivity index (χ2n) is 6.90. The number of H-pyrrole nitrogens is 2. The molecule has 3 aromatic rings. The Morgan fingerprint density at radius 1 is 1.19 bits per heavy atom. The SMILES string of the molecule is C[C@H](NC(=O)c1ccc2[nH]c(=O)c(=O)[nH]c2c1)c1nncn1C1CCCC1. The minimum atomic E-state index is -0.752. The average molecular weight is 368 g/mol. The number of aromatic nitrogens is 5. The number of carbonyl (C=O) groups excluding carboxylic acids is 1. The molecule has 0 unspecified atom stereocenters. The van der Waals surface area contributed by atoms with Crippen LogP contribution in [0.1, 0.15) is 60.9 Å². The minimum absolute atomic E-state index is 0.294. The topological polar surface area (TPSA) is 126 Å². The Kier molecular flexibility index (Phi) is 4.35. The lowest BCUT2D eigenvalue weighted by molar-refractivity contribution is 0.0937. The monoisotopic (exact) mass is 368 g/mol. The first-order valence-electron chi connectivity index (χ1n) is 8.99. The highest BCUT2D eigenvalue weighted by Gasteiger charge is 2.23. The number of benzene rings is 1. The first-order valence-corrected chi connectivity index (χ1v) is 8.99. The predicted molar refractivity (Wildman–Crippen MR) is 98.6 cm³/mol. The molecule has 1 fully saturated rings. The van der Waals surface area contributed by atoms with Gasteiger partial charge in [-0.1, -0.05) is 12.8 Å². The standard InChI is InChI=1S/C18H20N6O3/c1-10(15-23-19-9-24(15)12-4-2-3-5-12)20-16(25)11-6-7-13-14(8-11)22-18(27)17(26)21-13/h6-10,12H,2-5H2,1H3,(H,20,25)(H,21,26)(H,22,27)/t10-/m0/s1. The third-order valence-corrected chi connectivity index (χ3v) is 5.04. The molecule has 0 saturated heterocycles. The Hall–Kier alpha value is -3.23. The predicted octanol–water partition coefficient (Wildman–Crippen LogP) is 1.41. The molecule has 9 heteroatoms. The molecule has 1 aliphatic carbocycles. The Morgan fingerprint density at radius 3 is 2.63 bits per heavy atom. The summed E-state index contributed by atoms with van der Waals surface area (Å²) in [7, 11) is 0. The summed E-state index contributed by atoms with van der Waals surface area (Å²) in [4.78, 5) is 40.5. The van der Waals surface area contributed by atoms with E-state index in [1.165, 1.54) is 18.9 Å². The number of amides is 1. The Morgan fingerprint density at radius 2 is 1.89 bits per heavy atom. The fourth-order valence-electron chi connectivity index (χ4n) is 3.63. The van der Waals surface area contributed by atoms with E-state index in [0.717, 1.165) is 18.7 Å². The molecule has 3 N–H and O–H groups in total. The fourth-order valence-corrected chi connectivity index (χ4v) is 3.63. The Balaban J connectivity index is 1.56. The van der Waals surface area contributed by atoms with Gasteiger partial charge in [-0.3, -0.25) is 14.4 Å². The van der Waals surface area contributed by atoms with Crippen LogP contribution in [0.25, 0.3) is 11.0 Å². The molecule has 140 valence electrons. The quantitative estimate of drug-likeness (QED) is 0.601. The lowest BCUT2D eigenvalue weighted by Crippen LogP contribution is -2.30. The van der Waals surface area contributed by atoms with Crippen molar-refractivity contribution < 1.29 is 4.79 Å². The van der Waals surface area contributed by atoms with E-state index in [1.807, 2.05) is 6.92 Å². The van der Waals surface area contributed by atoms with E-state index in [1.54, 1.807) is 18.5 Å². The number of rotatable bonds is 4. The highest BCUT2D eigenvalue weighted by Crippen LogP contribution is 2.31. The molecule has 1 amide bonds. The molecule has 1 aliphatic rings. The van der Waals surface area contributed by atoms with Gasteiger partial charge in [-0.05, 0) is 38.0 Å². The summed E-state index contributed by atoms with van der Waals surface area (Å²) in [6.45, 7) is 1.87. The van der Waals surface area contributed by atoms with Crippen LogP contribution in [-0.4, -0.2) is 30.6 Å². The lowest BCUT2D eigenvalue weighted by Gasteiger charge is -2.18. The van der Waals surface area contributed by atoms with Gasteiger partial charge in [0, 0.05) is 11.6 Å². The van der Waals surface area contributed by atoms with Crippen molar-refractivity contribution in [2.24, 2.45) is 0 Å². The molecule has 2 aromatic heterocycles. The van der Waals surface area contributed by atoms with Gasteiger partial charge in [0.1, 0.15) is 6.33 Å². The number of fused-ring (bicyclic) bond motifs is 1. The third kappa shape index (κ3) is 3.27. The maximum atomic E-state index is 12.6. The van der Waals surface area contributed by atoms with Crippen LogP contribution >= 0.6 is 0 Å². The van der Waals surface area contributed by atoms with Crippen LogP contribution in [0.4, 0.5) is 0 Å². The van der Waals surface area contributed by atoms with Gasteiger partial charge in [-0.2, -0.15) is 0 Å². The van der Waals surface area contributed by atoms with E-state index in [2.05, 4.69) is 30.0 Å². The van der Waals surface area contributed by atoms with Gasteiger partial charge in [0.15, 0.2) is 5.82 Å². The summed E-state index contributed by atoms with van der Waals surface area (Å²) >= 11 is 0. The zero-order valence-electron chi connectivity index (χ0n) is 14.9. The zero-order valence-corrected chi connectivity index (χ0v) is 14.9. The fraction of sp³-hybridized carbons (Fsp3) is 0.389. The van der Waals surface area contributed by atoms with Crippen molar-refractivity contribution in [3.8, 4) is 0 Å². The lowest BCUT2D eigenvalue weighted by atomic mass is 10.1. The average Bonchev–Trinajstić information content (AvgIpc) is 3.33. The van der Waals surface area contributed by atoms with Crippen molar-refractivity contribution in [3.05, 3.63) is 56.6 Å². The molecule has 9 nitrogen and oxygen atoms in total. The molecule has 0 radical (unpaired) electrons. The van der Waals surface area contributed by atoms with Gasteiger partial charge < -0.3 is 19.9 Å². The number of carbonyl (C=O) groups is 1. The highest BCUT2D eigenvalue weighted by atomic mass is 16.2. The van der Waals surface area contributed by atoms with E-state index >= 15 is 0 Å². The van der Waals surface area contributed by atoms with E-state index in [4.69, 9.17) is 0 Å². The number of nitrogens with one attached hydrogen (secondary N) is 3. The molecule has 0 aliphatic heterocycles. The van der Waals surface area contributed by atoms with Crippen LogP contribution < -0.4 is 16.4 Å². The molecule has 0 bridgehead atoms. The molecule has 4 rings (SSSR count). The molecule has 1 atom stereocenters. The number of nitrogens with zero attached hydrogens (tertiary/aromatic N) is 3. The Bertz CT molecular complexity index is 1110. The maximum Gasteiger partial charge on any atom is 0.314 e. The molecule has 1 aromatic carbocycles. The van der Waals surface area contributed by atoms with Crippen molar-refractivity contribution in [3.63, 3.8) is 0 Å². The van der Waals surface area contributed by atoms with Crippen molar-refractivity contribution in [1.29, 1.82) is 0 Å². The second kappa shape index (κ2) is 6.82. The first kappa shape index (κ1) is 17.2. The number of aromatic amines is 2. The summed E-state index contributed by atoms with van der Waals surface area (Å²) < 4.78 is 2.06. The first-order chi connectivity index (χ1) is 13.0. The largest absolute Gasteiger partial charge is 0.342 e. The van der Waals surface area contributed by atoms with Crippen LogP contribution in [0.15, 0.2) is 34.1 Å². The number of hydrogen-bond acceptors (Lipinski definition) is 5. The van der Waals surface area contributed by atoms with Gasteiger partial charge >= 0.3 is 11.1 Å². The molecule has 2 heterocycles. The summed E-state index contributed by atoms with van der Waals surface area (Å²) in [5.41, 5.74) is -0.235. The van der Waals surface area contributed by atoms with Gasteiger partial charge in [0.25, 0.3) is 5.91 Å². The van der Waals surface area contributed by atoms with Crippen LogP contribution in [0.2, 0.25) is 0 Å². The van der Waals surface area contributed by atoms with E-state index < -0.39 is 11.1 Å². The maximum absolute atomic E-state index is 12.6. The van der Waals surface area contributed by atoms with Crippen LogP contribution in [-0.2, 0) is 0 Å². The van der Waals surface area contributed by atoms with E-state index in [-0.39, 0.29) is 11.9 Å². The molecule has 0 spiro atoms. The summed E-state index contributed by atoms with van der Waals surface area (Å²) in [6.07, 6.45) is 6.32. The summed E-state index contributed by atoms with van der Waals surface area (Å²) in [5.74, 6) is 0.436.